The molecule has 5 heteroatoms. The van der Waals surface area contributed by atoms with Gasteiger partial charge in [-0.05, 0) is 34.4 Å². The van der Waals surface area contributed by atoms with Crippen molar-refractivity contribution >= 4 is 28.4 Å². The van der Waals surface area contributed by atoms with Gasteiger partial charge in [0.05, 0.1) is 6.33 Å². The smallest absolute Gasteiger partial charge is 0.266 e. The van der Waals surface area contributed by atoms with Crippen molar-refractivity contribution < 1.29 is 0 Å². The first kappa shape index (κ1) is 13.6. The molecule has 0 unspecified atom stereocenters. The Hall–Kier alpha value is -0.850. The lowest BCUT2D eigenvalue weighted by Crippen LogP contribution is -2.33. The third-order valence-electron chi connectivity index (χ3n) is 3.25. The van der Waals surface area contributed by atoms with Gasteiger partial charge in [0.15, 0.2) is 0 Å². The van der Waals surface area contributed by atoms with E-state index in [2.05, 4.69) is 64.3 Å². The fraction of sp³-hybridized carbons (Fsp3) is 0.538. The van der Waals surface area contributed by atoms with E-state index in [1.807, 2.05) is 0 Å². The molecule has 1 aromatic rings. The highest BCUT2D eigenvalue weighted by Crippen LogP contribution is 2.31. The first-order valence-electron chi connectivity index (χ1n) is 6.07. The van der Waals surface area contributed by atoms with Crippen LogP contribution in [0.3, 0.4) is 0 Å². The second kappa shape index (κ2) is 5.03. The number of rotatable bonds is 1. The summed E-state index contributed by atoms with van der Waals surface area (Å²) >= 11 is 2.06. The number of halogens is 1. The minimum atomic E-state index is -0.0637. The van der Waals surface area contributed by atoms with E-state index in [9.17, 15) is 4.79 Å². The third-order valence-corrected chi connectivity index (χ3v) is 4.22. The Bertz CT molecular complexity index is 528. The SMILES string of the molecule is CC(C)(C)C1=CCN(c2nc[nH]c(=O)c2I)CC1. The van der Waals surface area contributed by atoms with Crippen LogP contribution in [0.25, 0.3) is 0 Å². The highest BCUT2D eigenvalue weighted by Gasteiger charge is 2.23. The molecule has 0 radical (unpaired) electrons. The quantitative estimate of drug-likeness (QED) is 0.619. The Kier molecular flexibility index (Phi) is 3.79. The molecule has 18 heavy (non-hydrogen) atoms. The van der Waals surface area contributed by atoms with Gasteiger partial charge in [0, 0.05) is 13.1 Å². The highest BCUT2D eigenvalue weighted by molar-refractivity contribution is 14.1. The normalized spacial score (nSPS) is 16.7. The van der Waals surface area contributed by atoms with Crippen LogP contribution in [-0.4, -0.2) is 23.1 Å². The zero-order chi connectivity index (χ0) is 13.3. The van der Waals surface area contributed by atoms with E-state index in [0.29, 0.717) is 3.57 Å². The zero-order valence-electron chi connectivity index (χ0n) is 11.0. The molecule has 0 aliphatic carbocycles. The van der Waals surface area contributed by atoms with Gasteiger partial charge in [0.25, 0.3) is 5.56 Å². The van der Waals surface area contributed by atoms with E-state index in [-0.39, 0.29) is 11.0 Å². The van der Waals surface area contributed by atoms with Crippen LogP contribution >= 0.6 is 22.6 Å². The lowest BCUT2D eigenvalue weighted by molar-refractivity contribution is 0.472. The summed E-state index contributed by atoms with van der Waals surface area (Å²) in [6.45, 7) is 8.48. The Morgan fingerprint density at radius 1 is 1.44 bits per heavy atom. The van der Waals surface area contributed by atoms with Crippen molar-refractivity contribution in [3.63, 3.8) is 0 Å². The lowest BCUT2D eigenvalue weighted by Gasteiger charge is -2.33. The van der Waals surface area contributed by atoms with Crippen molar-refractivity contribution in [2.24, 2.45) is 5.41 Å². The first-order chi connectivity index (χ1) is 8.39. The van der Waals surface area contributed by atoms with Crippen molar-refractivity contribution in [2.75, 3.05) is 18.0 Å². The maximum atomic E-state index is 11.6. The first-order valence-corrected chi connectivity index (χ1v) is 7.15. The number of aromatic amines is 1. The molecule has 0 spiro atoms. The third kappa shape index (κ3) is 2.76. The number of hydrogen-bond donors (Lipinski definition) is 1. The Morgan fingerprint density at radius 2 is 2.17 bits per heavy atom. The monoisotopic (exact) mass is 359 g/mol. The van der Waals surface area contributed by atoms with E-state index in [1.54, 1.807) is 0 Å². The number of aromatic nitrogens is 2. The van der Waals surface area contributed by atoms with E-state index >= 15 is 0 Å². The lowest BCUT2D eigenvalue weighted by atomic mass is 9.83. The molecular formula is C13H18IN3O. The minimum Gasteiger partial charge on any atom is -0.351 e. The average molecular weight is 359 g/mol. The Labute approximate surface area is 121 Å². The molecule has 2 rings (SSSR count). The van der Waals surface area contributed by atoms with Gasteiger partial charge >= 0.3 is 0 Å². The van der Waals surface area contributed by atoms with Crippen molar-refractivity contribution in [3.8, 4) is 0 Å². The molecule has 0 atom stereocenters. The zero-order valence-corrected chi connectivity index (χ0v) is 13.1. The van der Waals surface area contributed by atoms with Crippen LogP contribution in [0, 0.1) is 8.99 Å². The van der Waals surface area contributed by atoms with Gasteiger partial charge in [-0.1, -0.05) is 32.4 Å². The highest BCUT2D eigenvalue weighted by atomic mass is 127. The summed E-state index contributed by atoms with van der Waals surface area (Å²) in [5.74, 6) is 0.795. The molecule has 4 nitrogen and oxygen atoms in total. The Balaban J connectivity index is 2.22. The molecule has 2 heterocycles. The topological polar surface area (TPSA) is 49.0 Å². The molecule has 0 amide bonds. The van der Waals surface area contributed by atoms with Crippen molar-refractivity contribution in [1.82, 2.24) is 9.97 Å². The summed E-state index contributed by atoms with van der Waals surface area (Å²) in [4.78, 5) is 20.6. The van der Waals surface area contributed by atoms with Crippen molar-refractivity contribution in [2.45, 2.75) is 27.2 Å². The molecule has 0 aromatic carbocycles. The van der Waals surface area contributed by atoms with Crippen LogP contribution in [0.1, 0.15) is 27.2 Å². The average Bonchev–Trinajstić information content (AvgIpc) is 2.32. The molecule has 1 aliphatic heterocycles. The Morgan fingerprint density at radius 3 is 2.72 bits per heavy atom. The van der Waals surface area contributed by atoms with E-state index in [4.69, 9.17) is 0 Å². The van der Waals surface area contributed by atoms with Crippen LogP contribution in [0.5, 0.6) is 0 Å². The maximum Gasteiger partial charge on any atom is 0.266 e. The molecule has 1 aromatic heterocycles. The summed E-state index contributed by atoms with van der Waals surface area (Å²) < 4.78 is 0.669. The standard InChI is InChI=1S/C13H18IN3O/c1-13(2,3)9-4-6-17(7-5-9)11-10(14)12(18)16-8-15-11/h4,8H,5-7H2,1-3H3,(H,15,16,18). The number of nitrogens with zero attached hydrogens (tertiary/aromatic N) is 2. The van der Waals surface area contributed by atoms with Gasteiger partial charge in [-0.2, -0.15) is 0 Å². The van der Waals surface area contributed by atoms with Gasteiger partial charge in [-0.3, -0.25) is 4.79 Å². The largest absolute Gasteiger partial charge is 0.351 e. The molecule has 0 bridgehead atoms. The van der Waals surface area contributed by atoms with Gasteiger partial charge in [0.2, 0.25) is 0 Å². The second-order valence-corrected chi connectivity index (χ2v) is 6.62. The fourth-order valence-electron chi connectivity index (χ4n) is 2.14. The number of nitrogens with one attached hydrogen (secondary N) is 1. The summed E-state index contributed by atoms with van der Waals surface area (Å²) in [7, 11) is 0. The van der Waals surface area contributed by atoms with Gasteiger partial charge < -0.3 is 9.88 Å². The van der Waals surface area contributed by atoms with Gasteiger partial charge in [-0.25, -0.2) is 4.98 Å². The van der Waals surface area contributed by atoms with Gasteiger partial charge in [-0.15, -0.1) is 0 Å². The molecule has 1 N–H and O–H groups in total. The van der Waals surface area contributed by atoms with Crippen LogP contribution in [0.2, 0.25) is 0 Å². The van der Waals surface area contributed by atoms with E-state index in [1.165, 1.54) is 11.9 Å². The van der Waals surface area contributed by atoms with Crippen LogP contribution in [0.15, 0.2) is 22.8 Å². The van der Waals surface area contributed by atoms with E-state index < -0.39 is 0 Å². The number of anilines is 1. The predicted molar refractivity (Wildman–Crippen MR) is 81.9 cm³/mol. The van der Waals surface area contributed by atoms with Crippen molar-refractivity contribution in [3.05, 3.63) is 31.9 Å². The summed E-state index contributed by atoms with van der Waals surface area (Å²) in [5.41, 5.74) is 1.66. The summed E-state index contributed by atoms with van der Waals surface area (Å²) in [6, 6.07) is 0. The number of H-pyrrole nitrogens is 1. The fourth-order valence-corrected chi connectivity index (χ4v) is 2.77. The molecule has 1 aliphatic rings. The maximum absolute atomic E-state index is 11.6. The van der Waals surface area contributed by atoms with Gasteiger partial charge in [0.1, 0.15) is 9.39 Å². The van der Waals surface area contributed by atoms with Crippen LogP contribution in [0.4, 0.5) is 5.82 Å². The van der Waals surface area contributed by atoms with E-state index in [0.717, 1.165) is 25.3 Å². The minimum absolute atomic E-state index is 0.0637. The second-order valence-electron chi connectivity index (χ2n) is 5.54. The predicted octanol–water partition coefficient (Wildman–Crippen LogP) is 2.56. The molecule has 0 fully saturated rings. The molecule has 98 valence electrons. The molecular weight excluding hydrogens is 341 g/mol. The van der Waals surface area contributed by atoms with Crippen molar-refractivity contribution in [1.29, 1.82) is 0 Å². The number of hydrogen-bond acceptors (Lipinski definition) is 3. The summed E-state index contributed by atoms with van der Waals surface area (Å²) in [6.07, 6.45) is 4.78. The molecule has 0 saturated carbocycles. The van der Waals surface area contributed by atoms with Crippen LogP contribution in [-0.2, 0) is 0 Å². The molecule has 0 saturated heterocycles. The summed E-state index contributed by atoms with van der Waals surface area (Å²) in [5, 5.41) is 0. The van der Waals surface area contributed by atoms with Crippen LogP contribution < -0.4 is 10.5 Å².